The molecule has 2 amide bonds. The van der Waals surface area contributed by atoms with Crippen molar-refractivity contribution in [1.82, 2.24) is 9.88 Å². The van der Waals surface area contributed by atoms with Gasteiger partial charge >= 0.3 is 6.03 Å². The summed E-state index contributed by atoms with van der Waals surface area (Å²) in [6, 6.07) is 9.99. The molecule has 2 aromatic rings. The molecule has 0 radical (unpaired) electrons. The maximum atomic E-state index is 13.4. The molecule has 1 aliphatic heterocycles. The molecule has 7 nitrogen and oxygen atoms in total. The second-order valence-electron chi connectivity index (χ2n) is 7.69. The molecule has 3 rings (SSSR count). The number of hydrogen-bond donors (Lipinski definition) is 1. The number of nitrogens with one attached hydrogen (secondary N) is 1. The van der Waals surface area contributed by atoms with Crippen LogP contribution in [0.25, 0.3) is 0 Å². The number of carbonyl (C=O) groups excluding carboxylic acids is 1. The van der Waals surface area contributed by atoms with Gasteiger partial charge in [0, 0.05) is 31.2 Å². The van der Waals surface area contributed by atoms with Crippen molar-refractivity contribution >= 4 is 21.6 Å². The fourth-order valence-corrected chi connectivity index (χ4v) is 5.67. The lowest BCUT2D eigenvalue weighted by atomic mass is 9.86. The van der Waals surface area contributed by atoms with Crippen LogP contribution in [0.3, 0.4) is 0 Å². The van der Waals surface area contributed by atoms with Gasteiger partial charge in [-0.3, -0.25) is 4.98 Å². The van der Waals surface area contributed by atoms with Crippen LogP contribution in [0.5, 0.6) is 5.75 Å². The summed E-state index contributed by atoms with van der Waals surface area (Å²) in [5, 5.41) is 2.85. The number of nitrogens with zero attached hydrogens (tertiary/aromatic N) is 2. The maximum Gasteiger partial charge on any atom is 0.321 e. The van der Waals surface area contributed by atoms with Crippen molar-refractivity contribution in [2.24, 2.45) is 5.92 Å². The van der Waals surface area contributed by atoms with E-state index in [2.05, 4.69) is 10.3 Å². The van der Waals surface area contributed by atoms with Crippen LogP contribution in [0.2, 0.25) is 0 Å². The number of urea groups is 1. The molecule has 1 aromatic carbocycles. The second-order valence-corrected chi connectivity index (χ2v) is 10.2. The number of anilines is 1. The Kier molecular flexibility index (Phi) is 6.12. The molecule has 0 aliphatic carbocycles. The zero-order valence-electron chi connectivity index (χ0n) is 17.0. The first kappa shape index (κ1) is 21.1. The van der Waals surface area contributed by atoms with Gasteiger partial charge in [0.15, 0.2) is 9.84 Å². The van der Waals surface area contributed by atoms with Crippen LogP contribution in [-0.2, 0) is 9.84 Å². The van der Waals surface area contributed by atoms with E-state index in [1.807, 2.05) is 0 Å². The minimum absolute atomic E-state index is 0.0672. The highest BCUT2D eigenvalue weighted by atomic mass is 32.2. The molecule has 0 atom stereocenters. The van der Waals surface area contributed by atoms with Crippen molar-refractivity contribution < 1.29 is 17.9 Å². The van der Waals surface area contributed by atoms with E-state index in [0.717, 1.165) is 0 Å². The Balaban J connectivity index is 1.70. The smallest absolute Gasteiger partial charge is 0.321 e. The number of benzene rings is 1. The maximum absolute atomic E-state index is 13.4. The first-order valence-electron chi connectivity index (χ1n) is 9.61. The van der Waals surface area contributed by atoms with Gasteiger partial charge in [-0.25, -0.2) is 13.2 Å². The molecule has 0 bridgehead atoms. The van der Waals surface area contributed by atoms with Crippen molar-refractivity contribution in [1.29, 1.82) is 0 Å². The molecule has 0 unspecified atom stereocenters. The number of pyridine rings is 1. The lowest BCUT2D eigenvalue weighted by molar-refractivity contribution is 0.171. The fourth-order valence-electron chi connectivity index (χ4n) is 3.76. The predicted molar refractivity (Wildman–Crippen MR) is 112 cm³/mol. The lowest BCUT2D eigenvalue weighted by Crippen LogP contribution is -2.48. The van der Waals surface area contributed by atoms with Crippen LogP contribution >= 0.6 is 0 Å². The Morgan fingerprint density at radius 2 is 1.76 bits per heavy atom. The van der Waals surface area contributed by atoms with Crippen LogP contribution in [0.4, 0.5) is 10.5 Å². The van der Waals surface area contributed by atoms with Crippen LogP contribution in [0.15, 0.2) is 53.7 Å². The van der Waals surface area contributed by atoms with Gasteiger partial charge in [-0.2, -0.15) is 0 Å². The predicted octanol–water partition coefficient (Wildman–Crippen LogP) is 3.59. The van der Waals surface area contributed by atoms with E-state index < -0.39 is 14.6 Å². The first-order valence-corrected chi connectivity index (χ1v) is 11.1. The Labute approximate surface area is 172 Å². The monoisotopic (exact) mass is 417 g/mol. The number of methoxy groups -OCH3 is 1. The molecule has 0 saturated carbocycles. The first-order chi connectivity index (χ1) is 13.8. The number of aromatic nitrogens is 1. The van der Waals surface area contributed by atoms with E-state index in [0.29, 0.717) is 37.4 Å². The molecule has 1 fully saturated rings. The molecule has 1 N–H and O–H groups in total. The molecular formula is C21H27N3O4S. The van der Waals surface area contributed by atoms with Crippen LogP contribution in [0.1, 0.15) is 26.7 Å². The largest absolute Gasteiger partial charge is 0.495 e. The van der Waals surface area contributed by atoms with Gasteiger partial charge in [0.1, 0.15) is 10.6 Å². The summed E-state index contributed by atoms with van der Waals surface area (Å²) in [6.45, 7) is 4.55. The van der Waals surface area contributed by atoms with E-state index >= 15 is 0 Å². The van der Waals surface area contributed by atoms with Gasteiger partial charge in [0.05, 0.1) is 11.9 Å². The molecular weight excluding hydrogens is 390 g/mol. The van der Waals surface area contributed by atoms with Crippen LogP contribution < -0.4 is 10.1 Å². The number of carbonyl (C=O) groups is 1. The van der Waals surface area contributed by atoms with Crippen molar-refractivity contribution in [3.8, 4) is 5.75 Å². The molecule has 1 aliphatic rings. The normalized spacial score (nSPS) is 15.8. The van der Waals surface area contributed by atoms with Crippen molar-refractivity contribution in [3.05, 3.63) is 48.8 Å². The number of likely N-dealkylation sites (tertiary alicyclic amines) is 1. The van der Waals surface area contributed by atoms with Crippen LogP contribution in [0, 0.1) is 5.92 Å². The Hall–Kier alpha value is -2.61. The van der Waals surface area contributed by atoms with Gasteiger partial charge < -0.3 is 15.0 Å². The van der Waals surface area contributed by atoms with Crippen molar-refractivity contribution in [3.63, 3.8) is 0 Å². The number of piperidine rings is 1. The van der Waals surface area contributed by atoms with E-state index in [1.54, 1.807) is 67.5 Å². The molecule has 8 heteroatoms. The van der Waals surface area contributed by atoms with E-state index in [4.69, 9.17) is 4.74 Å². The van der Waals surface area contributed by atoms with E-state index in [-0.39, 0.29) is 16.8 Å². The van der Waals surface area contributed by atoms with Gasteiger partial charge in [-0.15, -0.1) is 0 Å². The van der Waals surface area contributed by atoms with E-state index in [9.17, 15) is 13.2 Å². The number of para-hydroxylation sites is 1. The number of sulfone groups is 1. The SMILES string of the molecule is COc1ccccc1S(=O)(=O)C(C)(C)C1CCN(C(=O)Nc2ccncc2)CC1. The number of rotatable bonds is 5. The third-order valence-corrected chi connectivity index (χ3v) is 8.38. The third-order valence-electron chi connectivity index (χ3n) is 5.75. The standard InChI is InChI=1S/C21H27N3O4S/c1-21(2,29(26,27)19-7-5-4-6-18(19)28-3)16-10-14-24(15-11-16)20(25)23-17-8-12-22-13-9-17/h4-9,12-13,16H,10-11,14-15H2,1-3H3,(H,22,23,25). The lowest BCUT2D eigenvalue weighted by Gasteiger charge is -2.40. The summed E-state index contributed by atoms with van der Waals surface area (Å²) in [5.74, 6) is 0.289. The second kappa shape index (κ2) is 8.41. The third kappa shape index (κ3) is 4.22. The van der Waals surface area contributed by atoms with Gasteiger partial charge in [0.25, 0.3) is 0 Å². The number of hydrogen-bond acceptors (Lipinski definition) is 5. The summed E-state index contributed by atoms with van der Waals surface area (Å²) in [7, 11) is -2.14. The summed E-state index contributed by atoms with van der Waals surface area (Å²) in [4.78, 5) is 18.4. The highest BCUT2D eigenvalue weighted by Gasteiger charge is 2.45. The summed E-state index contributed by atoms with van der Waals surface area (Å²) in [5.41, 5.74) is 0.686. The van der Waals surface area contributed by atoms with Crippen LogP contribution in [-0.4, -0.2) is 49.3 Å². The number of amides is 2. The molecule has 0 spiro atoms. The zero-order chi connectivity index (χ0) is 21.1. The Bertz CT molecular complexity index is 953. The molecule has 29 heavy (non-hydrogen) atoms. The quantitative estimate of drug-likeness (QED) is 0.803. The zero-order valence-corrected chi connectivity index (χ0v) is 17.8. The molecule has 1 aromatic heterocycles. The average molecular weight is 418 g/mol. The molecule has 156 valence electrons. The Morgan fingerprint density at radius 1 is 1.14 bits per heavy atom. The summed E-state index contributed by atoms with van der Waals surface area (Å²) < 4.78 is 31.1. The summed E-state index contributed by atoms with van der Waals surface area (Å²) in [6.07, 6.45) is 4.47. The summed E-state index contributed by atoms with van der Waals surface area (Å²) >= 11 is 0. The number of ether oxygens (including phenoxy) is 1. The highest BCUT2D eigenvalue weighted by Crippen LogP contribution is 2.40. The van der Waals surface area contributed by atoms with E-state index in [1.165, 1.54) is 7.11 Å². The average Bonchev–Trinajstić information content (AvgIpc) is 2.74. The van der Waals surface area contributed by atoms with Crippen molar-refractivity contribution in [2.75, 3.05) is 25.5 Å². The highest BCUT2D eigenvalue weighted by molar-refractivity contribution is 7.93. The minimum Gasteiger partial charge on any atom is -0.495 e. The molecule has 2 heterocycles. The molecule has 1 saturated heterocycles. The Morgan fingerprint density at radius 3 is 2.38 bits per heavy atom. The van der Waals surface area contributed by atoms with Gasteiger partial charge in [-0.1, -0.05) is 12.1 Å². The van der Waals surface area contributed by atoms with Gasteiger partial charge in [-0.05, 0) is 56.9 Å². The van der Waals surface area contributed by atoms with Crippen molar-refractivity contribution in [2.45, 2.75) is 36.3 Å². The topological polar surface area (TPSA) is 88.6 Å². The van der Waals surface area contributed by atoms with Gasteiger partial charge in [0.2, 0.25) is 0 Å². The fraction of sp³-hybridized carbons (Fsp3) is 0.429. The minimum atomic E-state index is -3.62.